The van der Waals surface area contributed by atoms with E-state index < -0.39 is 12.0 Å². The van der Waals surface area contributed by atoms with Crippen molar-refractivity contribution in [2.45, 2.75) is 44.7 Å². The van der Waals surface area contributed by atoms with Gasteiger partial charge in [-0.05, 0) is 44.6 Å². The van der Waals surface area contributed by atoms with Crippen LogP contribution in [0, 0.1) is 11.7 Å². The minimum atomic E-state index is -0.959. The third-order valence-electron chi connectivity index (χ3n) is 5.50. The van der Waals surface area contributed by atoms with Gasteiger partial charge in [-0.3, -0.25) is 9.80 Å². The van der Waals surface area contributed by atoms with Crippen LogP contribution in [0.15, 0.2) is 6.20 Å². The standard InChI is InChI=1S/C21H29ClF2N6O3/c1-32-16(31)6-2-3-8-30(25)20-15-11-27-19(22)17(24)18(15)28-21(29-20)33-12-13-5-4-7-26-10-14(23)9-13/h11,13-14,26H,2-10,12,25H2,1H3/t13-,14-/m1/s1. The van der Waals surface area contributed by atoms with E-state index in [1.165, 1.54) is 18.3 Å². The van der Waals surface area contributed by atoms with Crippen molar-refractivity contribution in [3.8, 4) is 6.01 Å². The van der Waals surface area contributed by atoms with Crippen LogP contribution in [-0.2, 0) is 9.53 Å². The molecule has 0 bridgehead atoms. The van der Waals surface area contributed by atoms with Crippen LogP contribution in [0.1, 0.15) is 38.5 Å². The van der Waals surface area contributed by atoms with Gasteiger partial charge < -0.3 is 14.8 Å². The first kappa shape index (κ1) is 25.3. The third-order valence-corrected chi connectivity index (χ3v) is 5.76. The molecule has 0 aromatic carbocycles. The zero-order valence-corrected chi connectivity index (χ0v) is 19.3. The second-order valence-electron chi connectivity index (χ2n) is 8.04. The molecule has 12 heteroatoms. The molecule has 0 amide bonds. The fraction of sp³-hybridized carbons (Fsp3) is 0.619. The number of nitrogens with one attached hydrogen (secondary N) is 1. The molecule has 0 radical (unpaired) electrons. The summed E-state index contributed by atoms with van der Waals surface area (Å²) in [5.74, 6) is 5.30. The van der Waals surface area contributed by atoms with Gasteiger partial charge in [-0.2, -0.15) is 9.97 Å². The highest BCUT2D eigenvalue weighted by Crippen LogP contribution is 2.29. The molecule has 0 aliphatic carbocycles. The quantitative estimate of drug-likeness (QED) is 0.181. The van der Waals surface area contributed by atoms with E-state index in [0.29, 0.717) is 32.4 Å². The van der Waals surface area contributed by atoms with Crippen LogP contribution in [-0.4, -0.2) is 60.4 Å². The summed E-state index contributed by atoms with van der Waals surface area (Å²) in [5.41, 5.74) is -0.0646. The molecule has 0 spiro atoms. The minimum absolute atomic E-state index is 0.0111. The highest BCUT2D eigenvalue weighted by molar-refractivity contribution is 6.30. The van der Waals surface area contributed by atoms with Crippen molar-refractivity contribution in [1.29, 1.82) is 0 Å². The number of nitrogens with two attached hydrogens (primary N) is 1. The van der Waals surface area contributed by atoms with Crippen molar-refractivity contribution >= 4 is 34.3 Å². The number of carbonyl (C=O) groups excluding carboxylic acids is 1. The Morgan fingerprint density at radius 2 is 2.21 bits per heavy atom. The molecule has 3 rings (SSSR count). The van der Waals surface area contributed by atoms with Crippen LogP contribution in [0.5, 0.6) is 6.01 Å². The number of anilines is 1. The molecule has 2 aromatic heterocycles. The van der Waals surface area contributed by atoms with E-state index in [0.717, 1.165) is 19.4 Å². The van der Waals surface area contributed by atoms with Crippen molar-refractivity contribution in [2.75, 3.05) is 38.4 Å². The molecule has 0 unspecified atom stereocenters. The molecular formula is C21H29ClF2N6O3. The molecule has 1 aliphatic heterocycles. The van der Waals surface area contributed by atoms with Gasteiger partial charge in [-0.1, -0.05) is 11.6 Å². The molecule has 33 heavy (non-hydrogen) atoms. The summed E-state index contributed by atoms with van der Waals surface area (Å²) < 4.78 is 39.1. The van der Waals surface area contributed by atoms with Crippen molar-refractivity contribution < 1.29 is 23.0 Å². The van der Waals surface area contributed by atoms with Crippen molar-refractivity contribution in [3.05, 3.63) is 17.2 Å². The molecule has 2 aromatic rings. The fourth-order valence-electron chi connectivity index (χ4n) is 3.72. The van der Waals surface area contributed by atoms with Crippen LogP contribution in [0.25, 0.3) is 10.9 Å². The van der Waals surface area contributed by atoms with Crippen LogP contribution in [0.2, 0.25) is 5.15 Å². The molecule has 1 aliphatic rings. The first-order chi connectivity index (χ1) is 15.9. The molecule has 2 atom stereocenters. The van der Waals surface area contributed by atoms with E-state index in [1.807, 2.05) is 0 Å². The summed E-state index contributed by atoms with van der Waals surface area (Å²) in [6.07, 6.45) is 3.85. The lowest BCUT2D eigenvalue weighted by atomic mass is 9.96. The Labute approximate surface area is 196 Å². The topological polar surface area (TPSA) is 115 Å². The third kappa shape index (κ3) is 7.05. The summed E-state index contributed by atoms with van der Waals surface area (Å²) in [6.45, 7) is 1.62. The van der Waals surface area contributed by atoms with Gasteiger partial charge in [0.2, 0.25) is 0 Å². The fourth-order valence-corrected chi connectivity index (χ4v) is 3.86. The summed E-state index contributed by atoms with van der Waals surface area (Å²) in [7, 11) is 1.33. The Morgan fingerprint density at radius 3 is 3.00 bits per heavy atom. The van der Waals surface area contributed by atoms with Gasteiger partial charge in [0, 0.05) is 25.7 Å². The summed E-state index contributed by atoms with van der Waals surface area (Å²) in [5, 5.41) is 4.36. The van der Waals surface area contributed by atoms with Gasteiger partial charge in [-0.15, -0.1) is 0 Å². The summed E-state index contributed by atoms with van der Waals surface area (Å²) in [6, 6.07) is -0.0701. The second-order valence-corrected chi connectivity index (χ2v) is 8.40. The number of rotatable bonds is 9. The molecule has 1 fully saturated rings. The van der Waals surface area contributed by atoms with E-state index in [9.17, 15) is 13.6 Å². The van der Waals surface area contributed by atoms with Gasteiger partial charge in [0.1, 0.15) is 11.7 Å². The number of unbranched alkanes of at least 4 members (excludes halogenated alkanes) is 1. The smallest absolute Gasteiger partial charge is 0.319 e. The number of ether oxygens (including phenoxy) is 2. The monoisotopic (exact) mass is 486 g/mol. The molecular weight excluding hydrogens is 458 g/mol. The van der Waals surface area contributed by atoms with Gasteiger partial charge in [0.05, 0.1) is 19.1 Å². The maximum absolute atomic E-state index is 14.7. The van der Waals surface area contributed by atoms with Crippen LogP contribution in [0.3, 0.4) is 0 Å². The summed E-state index contributed by atoms with van der Waals surface area (Å²) >= 11 is 5.84. The lowest BCUT2D eigenvalue weighted by Crippen LogP contribution is -2.33. The lowest BCUT2D eigenvalue weighted by Gasteiger charge is -2.23. The number of nitrogens with zero attached hydrogens (tertiary/aromatic N) is 4. The Hall–Kier alpha value is -2.37. The number of esters is 1. The number of halogens is 3. The Balaban J connectivity index is 1.77. The predicted molar refractivity (Wildman–Crippen MR) is 120 cm³/mol. The number of carbonyl (C=O) groups is 1. The van der Waals surface area contributed by atoms with Crippen LogP contribution >= 0.6 is 11.6 Å². The zero-order chi connectivity index (χ0) is 23.8. The number of fused-ring (bicyclic) bond motifs is 1. The molecule has 3 heterocycles. The first-order valence-corrected chi connectivity index (χ1v) is 11.3. The number of hydrogen-bond donors (Lipinski definition) is 2. The summed E-state index contributed by atoms with van der Waals surface area (Å²) in [4.78, 5) is 23.7. The molecule has 0 saturated carbocycles. The Bertz CT molecular complexity index is 954. The molecule has 3 N–H and O–H groups in total. The predicted octanol–water partition coefficient (Wildman–Crippen LogP) is 2.95. The zero-order valence-electron chi connectivity index (χ0n) is 18.5. The average Bonchev–Trinajstić information content (AvgIpc) is 2.79. The SMILES string of the molecule is COC(=O)CCCCN(N)c1nc(OC[C@@H]2CCCNC[C@H](F)C2)nc2c(F)c(Cl)ncc12. The minimum Gasteiger partial charge on any atom is -0.469 e. The first-order valence-electron chi connectivity index (χ1n) is 11.0. The van der Waals surface area contributed by atoms with E-state index in [2.05, 4.69) is 25.0 Å². The maximum Gasteiger partial charge on any atom is 0.319 e. The van der Waals surface area contributed by atoms with Crippen molar-refractivity contribution in [1.82, 2.24) is 20.3 Å². The van der Waals surface area contributed by atoms with Crippen molar-refractivity contribution in [3.63, 3.8) is 0 Å². The Kier molecular flexibility index (Phi) is 9.33. The average molecular weight is 487 g/mol. The lowest BCUT2D eigenvalue weighted by molar-refractivity contribution is -0.140. The van der Waals surface area contributed by atoms with Crippen LogP contribution in [0.4, 0.5) is 14.6 Å². The number of hydrogen-bond acceptors (Lipinski definition) is 9. The second kappa shape index (κ2) is 12.2. The van der Waals surface area contributed by atoms with E-state index in [4.69, 9.17) is 22.2 Å². The highest BCUT2D eigenvalue weighted by Gasteiger charge is 2.22. The number of aromatic nitrogens is 3. The van der Waals surface area contributed by atoms with Crippen LogP contribution < -0.4 is 20.9 Å². The molecule has 1 saturated heterocycles. The number of hydrazine groups is 1. The van der Waals surface area contributed by atoms with E-state index in [1.54, 1.807) is 0 Å². The largest absolute Gasteiger partial charge is 0.469 e. The van der Waals surface area contributed by atoms with Crippen molar-refractivity contribution in [2.24, 2.45) is 11.8 Å². The van der Waals surface area contributed by atoms with Gasteiger partial charge in [0.15, 0.2) is 16.8 Å². The normalized spacial score (nSPS) is 19.1. The molecule has 9 nitrogen and oxygen atoms in total. The number of pyridine rings is 1. The number of alkyl halides is 1. The number of methoxy groups -OCH3 is 1. The van der Waals surface area contributed by atoms with Gasteiger partial charge in [-0.25, -0.2) is 19.6 Å². The van der Waals surface area contributed by atoms with E-state index >= 15 is 0 Å². The maximum atomic E-state index is 14.7. The molecule has 182 valence electrons. The van der Waals surface area contributed by atoms with E-state index in [-0.39, 0.29) is 52.8 Å². The highest BCUT2D eigenvalue weighted by atomic mass is 35.5. The van der Waals surface area contributed by atoms with Gasteiger partial charge in [0.25, 0.3) is 0 Å². The Morgan fingerprint density at radius 1 is 1.39 bits per heavy atom. The van der Waals surface area contributed by atoms with Gasteiger partial charge >= 0.3 is 12.0 Å².